The molecule has 0 bridgehead atoms. The highest BCUT2D eigenvalue weighted by Crippen LogP contribution is 2.26. The van der Waals surface area contributed by atoms with Crippen LogP contribution in [-0.4, -0.2) is 21.8 Å². The number of aryl methyl sites for hydroxylation is 1. The van der Waals surface area contributed by atoms with Gasteiger partial charge in [0, 0.05) is 24.4 Å². The van der Waals surface area contributed by atoms with Crippen molar-refractivity contribution in [1.82, 2.24) is 14.8 Å². The summed E-state index contributed by atoms with van der Waals surface area (Å²) in [5, 5.41) is 10.1. The molecule has 6 heteroatoms. The van der Waals surface area contributed by atoms with Gasteiger partial charge >= 0.3 is 0 Å². The SMILES string of the molecule is CCn1nc(C(C)(C)C)cc(-c2csc(NC)n2)c1=O. The average molecular weight is 292 g/mol. The molecule has 20 heavy (non-hydrogen) atoms. The first-order valence-corrected chi connectivity index (χ1v) is 7.51. The highest BCUT2D eigenvalue weighted by molar-refractivity contribution is 7.14. The Balaban J connectivity index is 2.65. The zero-order valence-corrected chi connectivity index (χ0v) is 13.3. The maximum absolute atomic E-state index is 12.4. The lowest BCUT2D eigenvalue weighted by atomic mass is 9.91. The summed E-state index contributed by atoms with van der Waals surface area (Å²) < 4.78 is 1.51. The Morgan fingerprint density at radius 3 is 2.60 bits per heavy atom. The molecule has 108 valence electrons. The molecular formula is C14H20N4OS. The summed E-state index contributed by atoms with van der Waals surface area (Å²) in [4.78, 5) is 16.8. The van der Waals surface area contributed by atoms with E-state index in [1.54, 1.807) is 0 Å². The molecular weight excluding hydrogens is 272 g/mol. The molecule has 1 N–H and O–H groups in total. The van der Waals surface area contributed by atoms with Crippen LogP contribution in [-0.2, 0) is 12.0 Å². The zero-order chi connectivity index (χ0) is 14.9. The van der Waals surface area contributed by atoms with Crippen LogP contribution >= 0.6 is 11.3 Å². The van der Waals surface area contributed by atoms with E-state index < -0.39 is 0 Å². The summed E-state index contributed by atoms with van der Waals surface area (Å²) >= 11 is 1.49. The molecule has 0 fully saturated rings. The van der Waals surface area contributed by atoms with Crippen LogP contribution in [0.15, 0.2) is 16.2 Å². The molecule has 0 saturated heterocycles. The van der Waals surface area contributed by atoms with Crippen LogP contribution in [0.4, 0.5) is 5.13 Å². The lowest BCUT2D eigenvalue weighted by molar-refractivity contribution is 0.512. The van der Waals surface area contributed by atoms with Crippen LogP contribution in [0.2, 0.25) is 0 Å². The Bertz CT molecular complexity index is 667. The Labute approximate surface area is 122 Å². The molecule has 0 spiro atoms. The molecule has 0 unspecified atom stereocenters. The monoisotopic (exact) mass is 292 g/mol. The van der Waals surface area contributed by atoms with Crippen molar-refractivity contribution in [3.63, 3.8) is 0 Å². The van der Waals surface area contributed by atoms with Crippen LogP contribution in [0.1, 0.15) is 33.4 Å². The van der Waals surface area contributed by atoms with Gasteiger partial charge in [-0.25, -0.2) is 9.67 Å². The number of nitrogens with one attached hydrogen (secondary N) is 1. The van der Waals surface area contributed by atoms with E-state index in [1.807, 2.05) is 25.4 Å². The fraction of sp³-hybridized carbons (Fsp3) is 0.500. The molecule has 0 saturated carbocycles. The van der Waals surface area contributed by atoms with Crippen LogP contribution < -0.4 is 10.9 Å². The molecule has 0 aliphatic heterocycles. The quantitative estimate of drug-likeness (QED) is 0.945. The van der Waals surface area contributed by atoms with Gasteiger partial charge in [-0.1, -0.05) is 20.8 Å². The third-order valence-corrected chi connectivity index (χ3v) is 3.90. The standard InChI is InChI=1S/C14H20N4OS/c1-6-18-12(19)9(7-11(17-18)14(2,3)4)10-8-20-13(15-5)16-10/h7-8H,6H2,1-5H3,(H,15,16). The minimum Gasteiger partial charge on any atom is -0.365 e. The Hall–Kier alpha value is -1.69. The van der Waals surface area contributed by atoms with Gasteiger partial charge < -0.3 is 5.32 Å². The minimum absolute atomic E-state index is 0.0894. The van der Waals surface area contributed by atoms with E-state index in [4.69, 9.17) is 0 Å². The maximum atomic E-state index is 12.4. The van der Waals surface area contributed by atoms with E-state index in [0.29, 0.717) is 17.8 Å². The predicted octanol–water partition coefficient (Wildman–Crippen LogP) is 2.73. The second-order valence-electron chi connectivity index (χ2n) is 5.60. The summed E-state index contributed by atoms with van der Waals surface area (Å²) in [6.45, 7) is 8.74. The normalized spacial score (nSPS) is 11.7. The first kappa shape index (κ1) is 14.7. The van der Waals surface area contributed by atoms with Crippen molar-refractivity contribution in [3.8, 4) is 11.3 Å². The molecule has 2 aromatic heterocycles. The van der Waals surface area contributed by atoms with Gasteiger partial charge in [0.25, 0.3) is 5.56 Å². The van der Waals surface area contributed by atoms with Crippen molar-refractivity contribution in [1.29, 1.82) is 0 Å². The molecule has 0 aromatic carbocycles. The highest BCUT2D eigenvalue weighted by atomic mass is 32.1. The van der Waals surface area contributed by atoms with E-state index >= 15 is 0 Å². The summed E-state index contributed by atoms with van der Waals surface area (Å²) in [5.74, 6) is 0. The Kier molecular flexibility index (Phi) is 3.94. The molecule has 0 amide bonds. The molecule has 2 aromatic rings. The van der Waals surface area contributed by atoms with Crippen LogP contribution in [0.5, 0.6) is 0 Å². The van der Waals surface area contributed by atoms with Crippen molar-refractivity contribution in [2.75, 3.05) is 12.4 Å². The van der Waals surface area contributed by atoms with Crippen LogP contribution in [0.25, 0.3) is 11.3 Å². The van der Waals surface area contributed by atoms with E-state index in [9.17, 15) is 4.79 Å². The maximum Gasteiger partial charge on any atom is 0.276 e. The Morgan fingerprint density at radius 2 is 2.10 bits per heavy atom. The number of aromatic nitrogens is 3. The fourth-order valence-electron chi connectivity index (χ4n) is 1.82. The lowest BCUT2D eigenvalue weighted by Crippen LogP contribution is -2.28. The molecule has 2 heterocycles. The van der Waals surface area contributed by atoms with Gasteiger partial charge in [0.15, 0.2) is 5.13 Å². The molecule has 0 aliphatic carbocycles. The molecule has 0 aliphatic rings. The van der Waals surface area contributed by atoms with E-state index in [-0.39, 0.29) is 11.0 Å². The largest absolute Gasteiger partial charge is 0.365 e. The van der Waals surface area contributed by atoms with Crippen molar-refractivity contribution in [3.05, 3.63) is 27.5 Å². The van der Waals surface area contributed by atoms with E-state index in [0.717, 1.165) is 10.8 Å². The number of nitrogens with zero attached hydrogens (tertiary/aromatic N) is 3. The Morgan fingerprint density at radius 1 is 1.40 bits per heavy atom. The fourth-order valence-corrected chi connectivity index (χ4v) is 2.49. The van der Waals surface area contributed by atoms with Crippen molar-refractivity contribution in [2.24, 2.45) is 0 Å². The summed E-state index contributed by atoms with van der Waals surface area (Å²) in [6, 6.07) is 1.86. The number of hydrogen-bond acceptors (Lipinski definition) is 5. The molecule has 0 atom stereocenters. The van der Waals surface area contributed by atoms with Crippen molar-refractivity contribution < 1.29 is 0 Å². The first-order chi connectivity index (χ1) is 9.36. The third kappa shape index (κ3) is 2.75. The summed E-state index contributed by atoms with van der Waals surface area (Å²) in [6.07, 6.45) is 0. The van der Waals surface area contributed by atoms with Crippen LogP contribution in [0.3, 0.4) is 0 Å². The molecule has 2 rings (SSSR count). The highest BCUT2D eigenvalue weighted by Gasteiger charge is 2.20. The van der Waals surface area contributed by atoms with E-state index in [1.165, 1.54) is 16.0 Å². The second kappa shape index (κ2) is 5.36. The first-order valence-electron chi connectivity index (χ1n) is 6.63. The minimum atomic E-state index is -0.110. The predicted molar refractivity (Wildman–Crippen MR) is 83.5 cm³/mol. The molecule has 0 radical (unpaired) electrons. The van der Waals surface area contributed by atoms with Crippen molar-refractivity contribution in [2.45, 2.75) is 39.7 Å². The van der Waals surface area contributed by atoms with Gasteiger partial charge in [-0.2, -0.15) is 5.10 Å². The van der Waals surface area contributed by atoms with Gasteiger partial charge in [-0.3, -0.25) is 4.79 Å². The lowest BCUT2D eigenvalue weighted by Gasteiger charge is -2.19. The second-order valence-corrected chi connectivity index (χ2v) is 6.46. The van der Waals surface area contributed by atoms with Crippen LogP contribution in [0, 0.1) is 0 Å². The van der Waals surface area contributed by atoms with E-state index in [2.05, 4.69) is 36.2 Å². The summed E-state index contributed by atoms with van der Waals surface area (Å²) in [7, 11) is 1.82. The topological polar surface area (TPSA) is 59.8 Å². The number of hydrogen-bond donors (Lipinski definition) is 1. The number of rotatable bonds is 3. The van der Waals surface area contributed by atoms with Gasteiger partial charge in [0.05, 0.1) is 17.0 Å². The third-order valence-electron chi connectivity index (χ3n) is 3.04. The van der Waals surface area contributed by atoms with Gasteiger partial charge in [0.2, 0.25) is 0 Å². The van der Waals surface area contributed by atoms with Gasteiger partial charge in [-0.05, 0) is 13.0 Å². The number of anilines is 1. The van der Waals surface area contributed by atoms with Gasteiger partial charge in [0.1, 0.15) is 0 Å². The van der Waals surface area contributed by atoms with Gasteiger partial charge in [-0.15, -0.1) is 11.3 Å². The smallest absolute Gasteiger partial charge is 0.276 e. The summed E-state index contributed by atoms with van der Waals surface area (Å²) in [5.41, 5.74) is 2.02. The number of thiazole rings is 1. The molecule has 5 nitrogen and oxygen atoms in total. The van der Waals surface area contributed by atoms with Crippen molar-refractivity contribution >= 4 is 16.5 Å². The zero-order valence-electron chi connectivity index (χ0n) is 12.5. The average Bonchev–Trinajstić information content (AvgIpc) is 2.86.